The van der Waals surface area contributed by atoms with Gasteiger partial charge in [-0.05, 0) is 62.0 Å². The molecule has 2 heterocycles. The van der Waals surface area contributed by atoms with Gasteiger partial charge in [-0.1, -0.05) is 35.0 Å². The Labute approximate surface area is 158 Å². The van der Waals surface area contributed by atoms with Gasteiger partial charge in [0.25, 0.3) is 0 Å². The Morgan fingerprint density at radius 1 is 1.26 bits per heavy atom. The monoisotopic (exact) mass is 414 g/mol. The lowest BCUT2D eigenvalue weighted by Gasteiger charge is -2.30. The van der Waals surface area contributed by atoms with Crippen LogP contribution in [0, 0.1) is 0 Å². The number of aromatic nitrogens is 1. The fourth-order valence-electron chi connectivity index (χ4n) is 3.34. The lowest BCUT2D eigenvalue weighted by molar-refractivity contribution is 0.209. The van der Waals surface area contributed by atoms with Crippen LogP contribution in [0.5, 0.6) is 0 Å². The molecule has 0 bridgehead atoms. The summed E-state index contributed by atoms with van der Waals surface area (Å²) in [4.78, 5) is 2.34. The van der Waals surface area contributed by atoms with Crippen LogP contribution in [-0.2, 0) is 12.2 Å². The molecule has 0 saturated carbocycles. The van der Waals surface area contributed by atoms with Crippen LogP contribution in [0.25, 0.3) is 11.3 Å². The zero-order valence-electron chi connectivity index (χ0n) is 13.9. The van der Waals surface area contributed by atoms with Crippen molar-refractivity contribution in [3.05, 3.63) is 46.1 Å². The first kappa shape index (κ1) is 18.9. The molecule has 1 atom stereocenters. The van der Waals surface area contributed by atoms with E-state index in [4.69, 9.17) is 0 Å². The summed E-state index contributed by atoms with van der Waals surface area (Å²) in [5.41, 5.74) is 5.73. The van der Waals surface area contributed by atoms with E-state index in [0.717, 1.165) is 16.6 Å². The largest absolute Gasteiger partial charge is 0.328 e. The maximum Gasteiger partial charge on any atom is 0.0859 e. The van der Waals surface area contributed by atoms with Crippen molar-refractivity contribution in [2.24, 2.45) is 0 Å². The van der Waals surface area contributed by atoms with Gasteiger partial charge < -0.3 is 4.57 Å². The molecular formula is C18H24BrClN2S. The van der Waals surface area contributed by atoms with E-state index in [1.165, 1.54) is 34.7 Å². The first-order chi connectivity index (χ1) is 10.6. The Balaban J connectivity index is 0.00000192. The molecule has 0 saturated heterocycles. The van der Waals surface area contributed by atoms with Gasteiger partial charge in [-0.3, -0.25) is 4.90 Å². The maximum atomic E-state index is 3.54. The molecular weight excluding hydrogens is 392 g/mol. The van der Waals surface area contributed by atoms with Gasteiger partial charge in [-0.15, -0.1) is 12.4 Å². The quantitative estimate of drug-likeness (QED) is 0.642. The summed E-state index contributed by atoms with van der Waals surface area (Å²) < 4.78 is 3.72. The minimum absolute atomic E-state index is 0. The minimum Gasteiger partial charge on any atom is -0.328 e. The molecule has 0 fully saturated rings. The molecule has 0 spiro atoms. The van der Waals surface area contributed by atoms with E-state index in [2.05, 4.69) is 88.5 Å². The van der Waals surface area contributed by atoms with Crippen molar-refractivity contribution >= 4 is 40.1 Å². The number of hydrogen-bond donors (Lipinski definition) is 0. The molecule has 0 aliphatic carbocycles. The number of halogens is 2. The van der Waals surface area contributed by atoms with E-state index >= 15 is 0 Å². The number of hydrogen-bond acceptors (Lipinski definition) is 2. The Morgan fingerprint density at radius 3 is 2.57 bits per heavy atom. The van der Waals surface area contributed by atoms with E-state index in [1.807, 2.05) is 0 Å². The predicted octanol–water partition coefficient (Wildman–Crippen LogP) is 5.60. The van der Waals surface area contributed by atoms with Crippen molar-refractivity contribution in [3.63, 3.8) is 0 Å². The predicted molar refractivity (Wildman–Crippen MR) is 108 cm³/mol. The molecule has 126 valence electrons. The second-order valence-corrected chi connectivity index (χ2v) is 8.05. The van der Waals surface area contributed by atoms with E-state index in [1.54, 1.807) is 0 Å². The topological polar surface area (TPSA) is 8.17 Å². The van der Waals surface area contributed by atoms with Crippen LogP contribution in [0.15, 0.2) is 34.8 Å². The van der Waals surface area contributed by atoms with Crippen molar-refractivity contribution < 1.29 is 0 Å². The van der Waals surface area contributed by atoms with Crippen LogP contribution in [0.4, 0.5) is 0 Å². The molecule has 1 unspecified atom stereocenters. The fraction of sp³-hybridized carbons (Fsp3) is 0.444. The molecule has 1 aliphatic rings. The number of nitrogens with zero attached hydrogens (tertiary/aromatic N) is 2. The first-order valence-corrected chi connectivity index (χ1v) is 9.79. The summed E-state index contributed by atoms with van der Waals surface area (Å²) in [7, 11) is 4.37. The molecule has 2 nitrogen and oxygen atoms in total. The van der Waals surface area contributed by atoms with Crippen LogP contribution in [-0.4, -0.2) is 29.3 Å². The highest BCUT2D eigenvalue weighted by Crippen LogP contribution is 2.36. The molecule has 1 aromatic carbocycles. The Hall–Kier alpha value is -0.420. The van der Waals surface area contributed by atoms with Gasteiger partial charge in [0, 0.05) is 21.6 Å². The summed E-state index contributed by atoms with van der Waals surface area (Å²) in [5, 5.41) is 0. The highest BCUT2D eigenvalue weighted by molar-refractivity contribution is 9.10. The van der Waals surface area contributed by atoms with Gasteiger partial charge in [-0.2, -0.15) is 11.8 Å². The van der Waals surface area contributed by atoms with Crippen molar-refractivity contribution in [2.75, 3.05) is 19.8 Å². The third-order valence-corrected chi connectivity index (χ3v) is 5.91. The highest BCUT2D eigenvalue weighted by Gasteiger charge is 2.24. The van der Waals surface area contributed by atoms with E-state index in [0.29, 0.717) is 6.17 Å². The molecule has 3 rings (SSSR count). The van der Waals surface area contributed by atoms with Gasteiger partial charge in [0.1, 0.15) is 0 Å². The van der Waals surface area contributed by atoms with Crippen molar-refractivity contribution in [1.82, 2.24) is 9.47 Å². The molecule has 5 heteroatoms. The molecule has 0 radical (unpaired) electrons. The average molecular weight is 416 g/mol. The van der Waals surface area contributed by atoms with Crippen LogP contribution in [0.3, 0.4) is 0 Å². The lowest BCUT2D eigenvalue weighted by Crippen LogP contribution is -2.27. The summed E-state index contributed by atoms with van der Waals surface area (Å²) >= 11 is 5.59. The maximum absolute atomic E-state index is 3.54. The first-order valence-electron chi connectivity index (χ1n) is 7.85. The van der Waals surface area contributed by atoms with Crippen molar-refractivity contribution in [1.29, 1.82) is 0 Å². The molecule has 0 N–H and O–H groups in total. The fourth-order valence-corrected chi connectivity index (χ4v) is 4.55. The van der Waals surface area contributed by atoms with E-state index < -0.39 is 0 Å². The van der Waals surface area contributed by atoms with E-state index in [9.17, 15) is 0 Å². The third-order valence-electron chi connectivity index (χ3n) is 4.37. The summed E-state index contributed by atoms with van der Waals surface area (Å²) in [6.07, 6.45) is 2.72. The van der Waals surface area contributed by atoms with E-state index in [-0.39, 0.29) is 12.4 Å². The van der Waals surface area contributed by atoms with Gasteiger partial charge in [0.05, 0.1) is 6.17 Å². The summed E-state index contributed by atoms with van der Waals surface area (Å²) in [5.74, 6) is 2.39. The Kier molecular flexibility index (Phi) is 6.66. The smallest absolute Gasteiger partial charge is 0.0859 e. The van der Waals surface area contributed by atoms with Crippen LogP contribution in [0.1, 0.15) is 30.8 Å². The highest BCUT2D eigenvalue weighted by atomic mass is 79.9. The second kappa shape index (κ2) is 8.11. The number of rotatable bonds is 4. The minimum atomic E-state index is 0. The number of fused-ring (bicyclic) bond motifs is 1. The number of thioether (sulfide) groups is 1. The van der Waals surface area contributed by atoms with Gasteiger partial charge in [0.2, 0.25) is 0 Å². The third kappa shape index (κ3) is 3.81. The van der Waals surface area contributed by atoms with Crippen LogP contribution < -0.4 is 0 Å². The molecule has 1 aromatic heterocycles. The molecule has 23 heavy (non-hydrogen) atoms. The second-order valence-electron chi connectivity index (χ2n) is 6.03. The van der Waals surface area contributed by atoms with Crippen molar-refractivity contribution in [2.45, 2.75) is 31.7 Å². The van der Waals surface area contributed by atoms with Crippen molar-refractivity contribution in [3.8, 4) is 11.3 Å². The van der Waals surface area contributed by atoms with Crippen LogP contribution in [0.2, 0.25) is 0 Å². The Morgan fingerprint density at radius 2 is 1.96 bits per heavy atom. The van der Waals surface area contributed by atoms with Gasteiger partial charge in [-0.25, -0.2) is 0 Å². The normalized spacial score (nSPS) is 15.2. The van der Waals surface area contributed by atoms with Gasteiger partial charge in [0.15, 0.2) is 0 Å². The molecule has 0 amide bonds. The SMILES string of the molecule is CCC(N(C)C)n1c(-c2ccc(Br)cc2)cc2c1CCSC2.Cl. The molecule has 2 aromatic rings. The average Bonchev–Trinajstić information content (AvgIpc) is 2.88. The summed E-state index contributed by atoms with van der Waals surface area (Å²) in [6, 6.07) is 11.1. The zero-order chi connectivity index (χ0) is 15.7. The van der Waals surface area contributed by atoms with Crippen LogP contribution >= 0.6 is 40.1 Å². The number of benzene rings is 1. The van der Waals surface area contributed by atoms with Gasteiger partial charge >= 0.3 is 0 Å². The standard InChI is InChI=1S/C18H23BrN2S.ClH/c1-4-18(20(2)3)21-16-9-10-22-12-14(16)11-17(21)13-5-7-15(19)8-6-13;/h5-8,11,18H,4,9-10,12H2,1-3H3;1H. The summed E-state index contributed by atoms with van der Waals surface area (Å²) in [6.45, 7) is 2.28. The molecule has 1 aliphatic heterocycles. The lowest BCUT2D eigenvalue weighted by atomic mass is 10.1. The zero-order valence-corrected chi connectivity index (χ0v) is 17.1. The Bertz CT molecular complexity index is 652.